The van der Waals surface area contributed by atoms with Gasteiger partial charge in [-0.05, 0) is 24.6 Å². The maximum Gasteiger partial charge on any atom is 0.126 e. The van der Waals surface area contributed by atoms with Gasteiger partial charge < -0.3 is 9.47 Å². The fraction of sp³-hybridized carbons (Fsp3) is 0.333. The Hall–Kier alpha value is -1.15. The van der Waals surface area contributed by atoms with Gasteiger partial charge in [-0.15, -0.1) is 11.6 Å². The van der Waals surface area contributed by atoms with Crippen LogP contribution in [0, 0.1) is 0 Å². The molecular weight excluding hydrogens is 212 g/mol. The van der Waals surface area contributed by atoms with Gasteiger partial charge in [0.15, 0.2) is 0 Å². The number of methoxy groups -OCH3 is 2. The normalized spacial score (nSPS) is 10.6. The van der Waals surface area contributed by atoms with Gasteiger partial charge in [0.25, 0.3) is 0 Å². The summed E-state index contributed by atoms with van der Waals surface area (Å²) in [6, 6.07) is 5.69. The quantitative estimate of drug-likeness (QED) is 0.717. The molecule has 0 saturated heterocycles. The van der Waals surface area contributed by atoms with Crippen molar-refractivity contribution >= 4 is 17.7 Å². The van der Waals surface area contributed by atoms with E-state index in [1.807, 2.05) is 30.4 Å². The first kappa shape index (κ1) is 11.9. The van der Waals surface area contributed by atoms with E-state index in [1.54, 1.807) is 14.2 Å². The minimum Gasteiger partial charge on any atom is -0.497 e. The van der Waals surface area contributed by atoms with E-state index in [0.29, 0.717) is 5.88 Å². The molecule has 0 saturated carbocycles. The Morgan fingerprint density at radius 3 is 2.67 bits per heavy atom. The Morgan fingerprint density at radius 1 is 1.27 bits per heavy atom. The van der Waals surface area contributed by atoms with Gasteiger partial charge in [0.2, 0.25) is 0 Å². The van der Waals surface area contributed by atoms with E-state index in [-0.39, 0.29) is 0 Å². The van der Waals surface area contributed by atoms with Gasteiger partial charge in [0, 0.05) is 11.4 Å². The smallest absolute Gasteiger partial charge is 0.126 e. The van der Waals surface area contributed by atoms with E-state index >= 15 is 0 Å². The highest BCUT2D eigenvalue weighted by Crippen LogP contribution is 2.25. The standard InChI is InChI=1S/C12H15ClO2/c1-14-11-6-7-12(15-2)10(9-11)5-3-4-8-13/h3,5-7,9H,4,8H2,1-2H3/b5-3+. The van der Waals surface area contributed by atoms with Crippen LogP contribution in [0.25, 0.3) is 6.08 Å². The summed E-state index contributed by atoms with van der Waals surface area (Å²) in [5, 5.41) is 0. The second-order valence-electron chi connectivity index (χ2n) is 2.99. The molecule has 0 heterocycles. The molecule has 3 heteroatoms. The summed E-state index contributed by atoms with van der Waals surface area (Å²) < 4.78 is 10.4. The summed E-state index contributed by atoms with van der Waals surface area (Å²) in [7, 11) is 3.30. The van der Waals surface area contributed by atoms with Gasteiger partial charge in [-0.25, -0.2) is 0 Å². The Morgan fingerprint density at radius 2 is 2.07 bits per heavy atom. The molecular formula is C12H15ClO2. The predicted molar refractivity (Wildman–Crippen MR) is 63.9 cm³/mol. The van der Waals surface area contributed by atoms with Crippen LogP contribution >= 0.6 is 11.6 Å². The maximum atomic E-state index is 5.59. The molecule has 0 bridgehead atoms. The fourth-order valence-corrected chi connectivity index (χ4v) is 1.37. The summed E-state index contributed by atoms with van der Waals surface area (Å²) in [4.78, 5) is 0. The van der Waals surface area contributed by atoms with Crippen molar-refractivity contribution in [2.45, 2.75) is 6.42 Å². The van der Waals surface area contributed by atoms with Gasteiger partial charge in [0.05, 0.1) is 14.2 Å². The largest absolute Gasteiger partial charge is 0.497 e. The average Bonchev–Trinajstić information content (AvgIpc) is 2.29. The predicted octanol–water partition coefficient (Wildman–Crippen LogP) is 3.35. The van der Waals surface area contributed by atoms with Crippen molar-refractivity contribution in [1.29, 1.82) is 0 Å². The first-order chi connectivity index (χ1) is 7.31. The molecule has 0 aliphatic carbocycles. The summed E-state index contributed by atoms with van der Waals surface area (Å²) in [6.45, 7) is 0. The average molecular weight is 227 g/mol. The molecule has 0 aliphatic heterocycles. The molecule has 2 nitrogen and oxygen atoms in total. The number of ether oxygens (including phenoxy) is 2. The molecule has 0 amide bonds. The second-order valence-corrected chi connectivity index (χ2v) is 3.37. The number of halogens is 1. The number of alkyl halides is 1. The van der Waals surface area contributed by atoms with Crippen LogP contribution in [0.1, 0.15) is 12.0 Å². The Balaban J connectivity index is 2.90. The second kappa shape index (κ2) is 6.36. The topological polar surface area (TPSA) is 18.5 Å². The zero-order valence-electron chi connectivity index (χ0n) is 9.00. The van der Waals surface area contributed by atoms with Gasteiger partial charge >= 0.3 is 0 Å². The van der Waals surface area contributed by atoms with Crippen molar-refractivity contribution in [1.82, 2.24) is 0 Å². The van der Waals surface area contributed by atoms with Gasteiger partial charge in [-0.3, -0.25) is 0 Å². The van der Waals surface area contributed by atoms with Crippen LogP contribution in [0.15, 0.2) is 24.3 Å². The summed E-state index contributed by atoms with van der Waals surface area (Å²) in [6.07, 6.45) is 4.86. The molecule has 0 spiro atoms. The van der Waals surface area contributed by atoms with Crippen molar-refractivity contribution in [3.8, 4) is 11.5 Å². The zero-order chi connectivity index (χ0) is 11.1. The Bertz CT molecular complexity index is 334. The Labute approximate surface area is 95.5 Å². The zero-order valence-corrected chi connectivity index (χ0v) is 9.75. The van der Waals surface area contributed by atoms with Crippen LogP contribution < -0.4 is 9.47 Å². The maximum absolute atomic E-state index is 5.59. The van der Waals surface area contributed by atoms with Crippen molar-refractivity contribution < 1.29 is 9.47 Å². The third kappa shape index (κ3) is 3.48. The van der Waals surface area contributed by atoms with Crippen LogP contribution in [0.2, 0.25) is 0 Å². The molecule has 15 heavy (non-hydrogen) atoms. The van der Waals surface area contributed by atoms with E-state index in [1.165, 1.54) is 0 Å². The summed E-state index contributed by atoms with van der Waals surface area (Å²) in [5.74, 6) is 2.28. The minimum atomic E-state index is 0.628. The van der Waals surface area contributed by atoms with Gasteiger partial charge in [0.1, 0.15) is 11.5 Å². The van der Waals surface area contributed by atoms with Gasteiger partial charge in [-0.2, -0.15) is 0 Å². The molecule has 0 N–H and O–H groups in total. The number of hydrogen-bond donors (Lipinski definition) is 0. The highest BCUT2D eigenvalue weighted by molar-refractivity contribution is 6.17. The van der Waals surface area contributed by atoms with Crippen molar-refractivity contribution in [2.24, 2.45) is 0 Å². The van der Waals surface area contributed by atoms with Crippen LogP contribution in [0.5, 0.6) is 11.5 Å². The molecule has 0 atom stereocenters. The lowest BCUT2D eigenvalue weighted by atomic mass is 10.1. The number of hydrogen-bond acceptors (Lipinski definition) is 2. The molecule has 0 unspecified atom stereocenters. The molecule has 0 aromatic heterocycles. The molecule has 1 aromatic rings. The molecule has 1 aromatic carbocycles. The highest BCUT2D eigenvalue weighted by atomic mass is 35.5. The highest BCUT2D eigenvalue weighted by Gasteiger charge is 2.00. The first-order valence-electron chi connectivity index (χ1n) is 4.76. The third-order valence-electron chi connectivity index (χ3n) is 2.01. The number of allylic oxidation sites excluding steroid dienone is 1. The lowest BCUT2D eigenvalue weighted by Crippen LogP contribution is -1.89. The number of benzene rings is 1. The molecule has 82 valence electrons. The Kier molecular flexibility index (Phi) is 5.05. The van der Waals surface area contributed by atoms with Gasteiger partial charge in [-0.1, -0.05) is 12.2 Å². The van der Waals surface area contributed by atoms with Crippen molar-refractivity contribution in [2.75, 3.05) is 20.1 Å². The molecule has 0 aliphatic rings. The van der Waals surface area contributed by atoms with E-state index in [0.717, 1.165) is 23.5 Å². The number of rotatable bonds is 5. The molecule has 0 fully saturated rings. The van der Waals surface area contributed by atoms with E-state index in [9.17, 15) is 0 Å². The van der Waals surface area contributed by atoms with Crippen molar-refractivity contribution in [3.63, 3.8) is 0 Å². The third-order valence-corrected chi connectivity index (χ3v) is 2.23. The SMILES string of the molecule is COc1ccc(OC)c(/C=C/CCCl)c1. The lowest BCUT2D eigenvalue weighted by Gasteiger charge is -2.06. The van der Waals surface area contributed by atoms with E-state index < -0.39 is 0 Å². The fourth-order valence-electron chi connectivity index (χ4n) is 1.24. The van der Waals surface area contributed by atoms with E-state index in [2.05, 4.69) is 0 Å². The first-order valence-corrected chi connectivity index (χ1v) is 5.29. The summed E-state index contributed by atoms with van der Waals surface area (Å²) >= 11 is 5.59. The molecule has 0 radical (unpaired) electrons. The lowest BCUT2D eigenvalue weighted by molar-refractivity contribution is 0.402. The van der Waals surface area contributed by atoms with Crippen LogP contribution in [-0.2, 0) is 0 Å². The molecule has 1 rings (SSSR count). The van der Waals surface area contributed by atoms with Crippen LogP contribution in [0.4, 0.5) is 0 Å². The van der Waals surface area contributed by atoms with Crippen molar-refractivity contribution in [3.05, 3.63) is 29.8 Å². The van der Waals surface area contributed by atoms with Crippen LogP contribution in [-0.4, -0.2) is 20.1 Å². The minimum absolute atomic E-state index is 0.628. The van der Waals surface area contributed by atoms with E-state index in [4.69, 9.17) is 21.1 Å². The monoisotopic (exact) mass is 226 g/mol. The summed E-state index contributed by atoms with van der Waals surface area (Å²) in [5.41, 5.74) is 1.00. The van der Waals surface area contributed by atoms with Crippen LogP contribution in [0.3, 0.4) is 0 Å².